The second-order valence-corrected chi connectivity index (χ2v) is 6.76. The van der Waals surface area contributed by atoms with E-state index in [0.29, 0.717) is 6.42 Å². The van der Waals surface area contributed by atoms with Crippen molar-refractivity contribution < 1.29 is 19.4 Å². The van der Waals surface area contributed by atoms with Gasteiger partial charge >= 0.3 is 5.97 Å². The third-order valence-corrected chi connectivity index (χ3v) is 5.61. The second kappa shape index (κ2) is 4.56. The van der Waals surface area contributed by atoms with Gasteiger partial charge in [0.1, 0.15) is 6.10 Å². The number of aryl methyl sites for hydroxylation is 2. The molecule has 2 bridgehead atoms. The lowest BCUT2D eigenvalue weighted by Gasteiger charge is -2.28. The Bertz CT molecular complexity index is 650. The summed E-state index contributed by atoms with van der Waals surface area (Å²) in [5, 5.41) is 13.2. The van der Waals surface area contributed by atoms with Crippen LogP contribution in [0.15, 0.2) is 18.2 Å². The van der Waals surface area contributed by atoms with Crippen LogP contribution in [0.1, 0.15) is 17.5 Å². The lowest BCUT2D eigenvalue weighted by Crippen LogP contribution is -2.42. The molecule has 116 valence electrons. The Labute approximate surface area is 128 Å². The first-order valence-corrected chi connectivity index (χ1v) is 7.74. The van der Waals surface area contributed by atoms with E-state index in [2.05, 4.69) is 5.32 Å². The van der Waals surface area contributed by atoms with Crippen LogP contribution in [-0.2, 0) is 14.3 Å². The second-order valence-electron chi connectivity index (χ2n) is 6.76. The van der Waals surface area contributed by atoms with E-state index >= 15 is 0 Å². The van der Waals surface area contributed by atoms with Gasteiger partial charge in [0.05, 0.1) is 17.9 Å². The van der Waals surface area contributed by atoms with Crippen molar-refractivity contribution in [2.24, 2.45) is 23.7 Å². The Morgan fingerprint density at radius 1 is 1.27 bits per heavy atom. The smallest absolute Gasteiger partial charge is 0.310 e. The van der Waals surface area contributed by atoms with Crippen molar-refractivity contribution in [3.05, 3.63) is 29.3 Å². The summed E-state index contributed by atoms with van der Waals surface area (Å²) in [6.45, 7) is 3.89. The van der Waals surface area contributed by atoms with Gasteiger partial charge in [-0.1, -0.05) is 18.2 Å². The highest BCUT2D eigenvalue weighted by molar-refractivity contribution is 5.98. The van der Waals surface area contributed by atoms with E-state index in [1.165, 1.54) is 0 Å². The van der Waals surface area contributed by atoms with Crippen molar-refractivity contribution in [1.29, 1.82) is 0 Å². The minimum Gasteiger partial charge on any atom is -0.459 e. The average Bonchev–Trinajstić information content (AvgIpc) is 3.07. The summed E-state index contributed by atoms with van der Waals surface area (Å²) >= 11 is 0. The number of benzene rings is 1. The fourth-order valence-corrected chi connectivity index (χ4v) is 4.59. The molecule has 22 heavy (non-hydrogen) atoms. The Balaban J connectivity index is 1.63. The van der Waals surface area contributed by atoms with Crippen molar-refractivity contribution in [2.75, 3.05) is 5.32 Å². The van der Waals surface area contributed by atoms with Crippen LogP contribution in [0.4, 0.5) is 5.69 Å². The SMILES string of the molecule is Cc1cccc(C)c1NC(=O)[C@@H]1[C@H]2C[C@H]3[C@H](OC(=O)[C@H]31)[C@H]2O. The van der Waals surface area contributed by atoms with Crippen LogP contribution in [0.2, 0.25) is 0 Å². The van der Waals surface area contributed by atoms with Crippen LogP contribution in [0, 0.1) is 37.5 Å². The van der Waals surface area contributed by atoms with Gasteiger partial charge in [-0.15, -0.1) is 0 Å². The van der Waals surface area contributed by atoms with E-state index in [1.54, 1.807) is 0 Å². The van der Waals surface area contributed by atoms with Crippen LogP contribution in [0.5, 0.6) is 0 Å². The van der Waals surface area contributed by atoms with Crippen LogP contribution in [0.3, 0.4) is 0 Å². The third kappa shape index (κ3) is 1.69. The Hall–Kier alpha value is -1.88. The van der Waals surface area contributed by atoms with Gasteiger partial charge in [0.2, 0.25) is 5.91 Å². The highest BCUT2D eigenvalue weighted by atomic mass is 16.6. The van der Waals surface area contributed by atoms with Gasteiger partial charge in [0.25, 0.3) is 0 Å². The molecule has 5 heteroatoms. The molecule has 2 aliphatic carbocycles. The fraction of sp³-hybridized carbons (Fsp3) is 0.529. The maximum atomic E-state index is 12.8. The standard InChI is InChI=1S/C17H19NO4/c1-7-4-3-5-8(2)13(7)18-16(20)11-9-6-10-12(11)17(21)22-15(10)14(9)19/h3-5,9-12,14-15,19H,6H2,1-2H3,(H,18,20)/t9-,10-,11-,12-,14+,15+/m1/s1. The average molecular weight is 301 g/mol. The molecule has 6 atom stereocenters. The summed E-state index contributed by atoms with van der Waals surface area (Å²) < 4.78 is 5.26. The minimum absolute atomic E-state index is 0.00113. The van der Waals surface area contributed by atoms with Gasteiger partial charge in [-0.05, 0) is 31.4 Å². The summed E-state index contributed by atoms with van der Waals surface area (Å²) in [6.07, 6.45) is -0.402. The highest BCUT2D eigenvalue weighted by Gasteiger charge is 2.68. The van der Waals surface area contributed by atoms with Gasteiger partial charge in [-0.3, -0.25) is 9.59 Å². The molecule has 1 amide bonds. The molecule has 1 aliphatic heterocycles. The molecule has 0 unspecified atom stereocenters. The van der Waals surface area contributed by atoms with E-state index in [0.717, 1.165) is 16.8 Å². The number of hydrogen-bond acceptors (Lipinski definition) is 4. The highest BCUT2D eigenvalue weighted by Crippen LogP contribution is 2.57. The number of carbonyl (C=O) groups is 2. The van der Waals surface area contributed by atoms with Gasteiger partial charge in [0.15, 0.2) is 0 Å². The lowest BCUT2D eigenvalue weighted by molar-refractivity contribution is -0.146. The van der Waals surface area contributed by atoms with Crippen molar-refractivity contribution in [2.45, 2.75) is 32.5 Å². The Morgan fingerprint density at radius 3 is 2.64 bits per heavy atom. The molecular formula is C17H19NO4. The van der Waals surface area contributed by atoms with Gasteiger partial charge < -0.3 is 15.2 Å². The van der Waals surface area contributed by atoms with Crippen molar-refractivity contribution in [3.63, 3.8) is 0 Å². The van der Waals surface area contributed by atoms with Crippen LogP contribution >= 0.6 is 0 Å². The number of amides is 1. The number of ether oxygens (including phenoxy) is 1. The minimum atomic E-state index is -0.707. The maximum Gasteiger partial charge on any atom is 0.310 e. The quantitative estimate of drug-likeness (QED) is 0.810. The number of carbonyl (C=O) groups excluding carboxylic acids is 2. The predicted molar refractivity (Wildman–Crippen MR) is 79.0 cm³/mol. The van der Waals surface area contributed by atoms with Crippen LogP contribution < -0.4 is 5.32 Å². The van der Waals surface area contributed by atoms with Crippen molar-refractivity contribution in [3.8, 4) is 0 Å². The topological polar surface area (TPSA) is 75.6 Å². The van der Waals surface area contributed by atoms with Crippen molar-refractivity contribution in [1.82, 2.24) is 0 Å². The number of hydrogen-bond donors (Lipinski definition) is 2. The molecule has 0 spiro atoms. The zero-order valence-corrected chi connectivity index (χ0v) is 12.6. The molecule has 1 aromatic rings. The maximum absolute atomic E-state index is 12.8. The molecule has 2 N–H and O–H groups in total. The largest absolute Gasteiger partial charge is 0.459 e. The molecular weight excluding hydrogens is 282 g/mol. The first-order valence-electron chi connectivity index (χ1n) is 7.74. The molecule has 0 radical (unpaired) electrons. The fourth-order valence-electron chi connectivity index (χ4n) is 4.59. The van der Waals surface area contributed by atoms with Crippen molar-refractivity contribution >= 4 is 17.6 Å². The number of para-hydroxylation sites is 1. The molecule has 3 fully saturated rings. The number of aliphatic hydroxyl groups excluding tert-OH is 1. The Kier molecular flexibility index (Phi) is 2.85. The predicted octanol–water partition coefficient (Wildman–Crippen LogP) is 1.41. The normalized spacial score (nSPS) is 38.2. The van der Waals surface area contributed by atoms with E-state index in [9.17, 15) is 14.7 Å². The zero-order valence-electron chi connectivity index (χ0n) is 12.6. The first kappa shape index (κ1) is 13.8. The van der Waals surface area contributed by atoms with E-state index in [1.807, 2.05) is 32.0 Å². The van der Waals surface area contributed by atoms with Gasteiger partial charge in [-0.2, -0.15) is 0 Å². The molecule has 1 aromatic carbocycles. The first-order chi connectivity index (χ1) is 10.5. The van der Waals surface area contributed by atoms with Gasteiger partial charge in [-0.25, -0.2) is 0 Å². The number of rotatable bonds is 2. The molecule has 3 aliphatic rings. The van der Waals surface area contributed by atoms with Gasteiger partial charge in [0, 0.05) is 17.5 Å². The molecule has 1 saturated heterocycles. The monoisotopic (exact) mass is 301 g/mol. The third-order valence-electron chi connectivity index (χ3n) is 5.61. The van der Waals surface area contributed by atoms with E-state index < -0.39 is 18.1 Å². The van der Waals surface area contributed by atoms with Crippen LogP contribution in [0.25, 0.3) is 0 Å². The molecule has 1 heterocycles. The summed E-state index contributed by atoms with van der Waals surface area (Å²) in [4.78, 5) is 24.8. The molecule has 2 saturated carbocycles. The summed E-state index contributed by atoms with van der Waals surface area (Å²) in [7, 11) is 0. The van der Waals surface area contributed by atoms with E-state index in [-0.39, 0.29) is 29.6 Å². The summed E-state index contributed by atoms with van der Waals surface area (Å²) in [6, 6.07) is 5.83. The number of fused-ring (bicyclic) bond motifs is 1. The summed E-state index contributed by atoms with van der Waals surface area (Å²) in [5.74, 6) is -1.54. The molecule has 4 rings (SSSR count). The zero-order chi connectivity index (χ0) is 15.6. The Morgan fingerprint density at radius 2 is 1.95 bits per heavy atom. The number of aliphatic hydroxyl groups is 1. The number of nitrogens with one attached hydrogen (secondary N) is 1. The van der Waals surface area contributed by atoms with E-state index in [4.69, 9.17) is 4.74 Å². The summed E-state index contributed by atoms with van der Waals surface area (Å²) in [5.41, 5.74) is 2.78. The number of anilines is 1. The lowest BCUT2D eigenvalue weighted by atomic mass is 9.78. The number of esters is 1. The molecule has 5 nitrogen and oxygen atoms in total. The van der Waals surface area contributed by atoms with Crippen LogP contribution in [-0.4, -0.2) is 29.2 Å². The molecule has 0 aromatic heterocycles.